The Balaban J connectivity index is 2.88. The summed E-state index contributed by atoms with van der Waals surface area (Å²) in [6, 6.07) is 11.0. The SMILES string of the molecule is CCCC(C)N(C)C(CC(=N)N)c1ccccc1. The molecule has 3 nitrogen and oxygen atoms in total. The van der Waals surface area contributed by atoms with Crippen molar-refractivity contribution in [3.63, 3.8) is 0 Å². The molecule has 0 heterocycles. The van der Waals surface area contributed by atoms with Crippen molar-refractivity contribution in [1.29, 1.82) is 5.41 Å². The minimum Gasteiger partial charge on any atom is -0.388 e. The second-order valence-electron chi connectivity index (χ2n) is 4.96. The number of benzene rings is 1. The zero-order chi connectivity index (χ0) is 13.5. The van der Waals surface area contributed by atoms with E-state index in [1.54, 1.807) is 0 Å². The number of hydrogen-bond acceptors (Lipinski definition) is 2. The largest absolute Gasteiger partial charge is 0.388 e. The molecule has 100 valence electrons. The van der Waals surface area contributed by atoms with Crippen LogP contribution in [0.1, 0.15) is 44.7 Å². The molecule has 2 unspecified atom stereocenters. The lowest BCUT2D eigenvalue weighted by molar-refractivity contribution is 0.179. The third-order valence-electron chi connectivity index (χ3n) is 3.49. The van der Waals surface area contributed by atoms with E-state index in [2.05, 4.69) is 37.9 Å². The highest BCUT2D eigenvalue weighted by Crippen LogP contribution is 2.25. The summed E-state index contributed by atoms with van der Waals surface area (Å²) in [6.45, 7) is 4.44. The Bertz CT molecular complexity index is 361. The lowest BCUT2D eigenvalue weighted by Crippen LogP contribution is -2.35. The van der Waals surface area contributed by atoms with E-state index in [-0.39, 0.29) is 11.9 Å². The number of nitrogens with zero attached hydrogens (tertiary/aromatic N) is 1. The van der Waals surface area contributed by atoms with Gasteiger partial charge in [0.2, 0.25) is 0 Å². The van der Waals surface area contributed by atoms with Crippen LogP contribution in [-0.4, -0.2) is 23.8 Å². The molecule has 0 fully saturated rings. The van der Waals surface area contributed by atoms with Gasteiger partial charge in [-0.2, -0.15) is 0 Å². The first-order chi connectivity index (χ1) is 8.56. The van der Waals surface area contributed by atoms with Gasteiger partial charge in [0.05, 0.1) is 5.84 Å². The predicted molar refractivity (Wildman–Crippen MR) is 77.8 cm³/mol. The van der Waals surface area contributed by atoms with Crippen molar-refractivity contribution in [2.24, 2.45) is 5.73 Å². The summed E-state index contributed by atoms with van der Waals surface area (Å²) in [7, 11) is 2.13. The number of amidine groups is 1. The summed E-state index contributed by atoms with van der Waals surface area (Å²) in [5, 5.41) is 7.56. The molecule has 0 aliphatic rings. The van der Waals surface area contributed by atoms with E-state index in [9.17, 15) is 0 Å². The van der Waals surface area contributed by atoms with Gasteiger partial charge < -0.3 is 5.73 Å². The monoisotopic (exact) mass is 247 g/mol. The minimum absolute atomic E-state index is 0.199. The van der Waals surface area contributed by atoms with E-state index < -0.39 is 0 Å². The number of nitrogens with one attached hydrogen (secondary N) is 1. The molecule has 0 spiro atoms. The van der Waals surface area contributed by atoms with E-state index in [0.29, 0.717) is 12.5 Å². The lowest BCUT2D eigenvalue weighted by atomic mass is 9.99. The van der Waals surface area contributed by atoms with E-state index in [0.717, 1.165) is 6.42 Å². The molecule has 0 aromatic heterocycles. The van der Waals surface area contributed by atoms with Crippen LogP contribution in [0.15, 0.2) is 30.3 Å². The van der Waals surface area contributed by atoms with Gasteiger partial charge in [0.25, 0.3) is 0 Å². The van der Waals surface area contributed by atoms with Gasteiger partial charge in [-0.25, -0.2) is 0 Å². The van der Waals surface area contributed by atoms with Crippen molar-refractivity contribution in [3.05, 3.63) is 35.9 Å². The first-order valence-corrected chi connectivity index (χ1v) is 6.66. The molecule has 1 aromatic rings. The second kappa shape index (κ2) is 7.17. The van der Waals surface area contributed by atoms with Crippen LogP contribution < -0.4 is 5.73 Å². The molecule has 0 saturated heterocycles. The predicted octanol–water partition coefficient (Wildman–Crippen LogP) is 3.17. The first kappa shape index (κ1) is 14.7. The van der Waals surface area contributed by atoms with Gasteiger partial charge in [0.15, 0.2) is 0 Å². The molecule has 0 aliphatic carbocycles. The van der Waals surface area contributed by atoms with Crippen molar-refractivity contribution in [1.82, 2.24) is 4.90 Å². The summed E-state index contributed by atoms with van der Waals surface area (Å²) in [4.78, 5) is 2.33. The third kappa shape index (κ3) is 4.15. The fourth-order valence-electron chi connectivity index (χ4n) is 2.31. The second-order valence-corrected chi connectivity index (χ2v) is 4.96. The van der Waals surface area contributed by atoms with Gasteiger partial charge in [-0.15, -0.1) is 0 Å². The van der Waals surface area contributed by atoms with E-state index in [1.807, 2.05) is 18.2 Å². The topological polar surface area (TPSA) is 53.1 Å². The number of nitrogens with two attached hydrogens (primary N) is 1. The standard InChI is InChI=1S/C15H25N3/c1-4-8-12(2)18(3)14(11-15(16)17)13-9-6-5-7-10-13/h5-7,9-10,12,14H,4,8,11H2,1-3H3,(H3,16,17). The molecule has 1 aromatic carbocycles. The van der Waals surface area contributed by atoms with Crippen LogP contribution in [0.25, 0.3) is 0 Å². The highest BCUT2D eigenvalue weighted by Gasteiger charge is 2.21. The minimum atomic E-state index is 0.199. The molecule has 3 N–H and O–H groups in total. The Hall–Kier alpha value is -1.35. The zero-order valence-electron chi connectivity index (χ0n) is 11.7. The van der Waals surface area contributed by atoms with Crippen LogP contribution >= 0.6 is 0 Å². The van der Waals surface area contributed by atoms with Crippen LogP contribution in [-0.2, 0) is 0 Å². The Labute approximate surface area is 111 Å². The van der Waals surface area contributed by atoms with Crippen LogP contribution in [0.5, 0.6) is 0 Å². The Morgan fingerprint density at radius 3 is 2.44 bits per heavy atom. The molecule has 18 heavy (non-hydrogen) atoms. The Morgan fingerprint density at radius 1 is 1.33 bits per heavy atom. The summed E-state index contributed by atoms with van der Waals surface area (Å²) in [5.74, 6) is 0.249. The number of rotatable bonds is 7. The maximum Gasteiger partial charge on any atom is 0.0924 e. The molecule has 0 aliphatic heterocycles. The summed E-state index contributed by atoms with van der Waals surface area (Å²) >= 11 is 0. The molecule has 0 amide bonds. The normalized spacial score (nSPS) is 14.4. The molecule has 3 heteroatoms. The average Bonchev–Trinajstić information content (AvgIpc) is 2.36. The summed E-state index contributed by atoms with van der Waals surface area (Å²) in [5.41, 5.74) is 6.83. The first-order valence-electron chi connectivity index (χ1n) is 6.66. The van der Waals surface area contributed by atoms with Crippen molar-refractivity contribution < 1.29 is 0 Å². The highest BCUT2D eigenvalue weighted by atomic mass is 15.2. The fourth-order valence-corrected chi connectivity index (χ4v) is 2.31. The van der Waals surface area contributed by atoms with Crippen molar-refractivity contribution in [2.75, 3.05) is 7.05 Å². The van der Waals surface area contributed by atoms with Gasteiger partial charge in [-0.1, -0.05) is 43.7 Å². The maximum atomic E-state index is 7.56. The van der Waals surface area contributed by atoms with Gasteiger partial charge in [-0.05, 0) is 26.0 Å². The summed E-state index contributed by atoms with van der Waals surface area (Å²) < 4.78 is 0. The van der Waals surface area contributed by atoms with Crippen molar-refractivity contribution in [2.45, 2.75) is 45.2 Å². The lowest BCUT2D eigenvalue weighted by Gasteiger charge is -2.33. The highest BCUT2D eigenvalue weighted by molar-refractivity contribution is 5.77. The maximum absolute atomic E-state index is 7.56. The summed E-state index contributed by atoms with van der Waals surface area (Å²) in [6.07, 6.45) is 2.93. The molecular formula is C15H25N3. The van der Waals surface area contributed by atoms with Crippen molar-refractivity contribution in [3.8, 4) is 0 Å². The third-order valence-corrected chi connectivity index (χ3v) is 3.49. The molecule has 0 radical (unpaired) electrons. The number of hydrogen-bond donors (Lipinski definition) is 2. The Kier molecular flexibility index (Phi) is 5.86. The smallest absolute Gasteiger partial charge is 0.0924 e. The van der Waals surface area contributed by atoms with E-state index >= 15 is 0 Å². The van der Waals surface area contributed by atoms with Gasteiger partial charge in [0, 0.05) is 18.5 Å². The quantitative estimate of drug-likeness (QED) is 0.574. The molecule has 2 atom stereocenters. The van der Waals surface area contributed by atoms with Crippen LogP contribution in [0, 0.1) is 5.41 Å². The molecule has 0 bridgehead atoms. The average molecular weight is 247 g/mol. The molecule has 0 saturated carbocycles. The van der Waals surface area contributed by atoms with Gasteiger partial charge in [-0.3, -0.25) is 10.3 Å². The zero-order valence-corrected chi connectivity index (χ0v) is 11.7. The van der Waals surface area contributed by atoms with Crippen molar-refractivity contribution >= 4 is 5.84 Å². The molecular weight excluding hydrogens is 222 g/mol. The van der Waals surface area contributed by atoms with E-state index in [4.69, 9.17) is 11.1 Å². The van der Waals surface area contributed by atoms with E-state index in [1.165, 1.54) is 12.0 Å². The van der Waals surface area contributed by atoms with Crippen LogP contribution in [0.3, 0.4) is 0 Å². The Morgan fingerprint density at radius 2 is 1.94 bits per heavy atom. The van der Waals surface area contributed by atoms with Gasteiger partial charge >= 0.3 is 0 Å². The molecule has 1 rings (SSSR count). The van der Waals surface area contributed by atoms with Crippen LogP contribution in [0.2, 0.25) is 0 Å². The fraction of sp³-hybridized carbons (Fsp3) is 0.533. The van der Waals surface area contributed by atoms with Gasteiger partial charge in [0.1, 0.15) is 0 Å². The van der Waals surface area contributed by atoms with Crippen LogP contribution in [0.4, 0.5) is 0 Å².